The molecule has 0 aliphatic rings. The molecule has 0 saturated heterocycles. The first kappa shape index (κ1) is 19.2. The lowest BCUT2D eigenvalue weighted by Crippen LogP contribution is -2.28. The number of nitrogens with one attached hydrogen (secondary N) is 2. The summed E-state index contributed by atoms with van der Waals surface area (Å²) in [5.74, 6) is -1.13. The van der Waals surface area contributed by atoms with E-state index in [-0.39, 0.29) is 17.1 Å². The molecule has 1 aromatic carbocycles. The van der Waals surface area contributed by atoms with Crippen LogP contribution in [0.2, 0.25) is 10.0 Å². The summed E-state index contributed by atoms with van der Waals surface area (Å²) in [5.41, 5.74) is 1.60. The summed E-state index contributed by atoms with van der Waals surface area (Å²) >= 11 is 13.0. The Bertz CT molecular complexity index is 993. The van der Waals surface area contributed by atoms with Gasteiger partial charge < -0.3 is 15.7 Å². The molecular formula is C18H13Cl2N3O3S. The molecule has 0 radical (unpaired) electrons. The summed E-state index contributed by atoms with van der Waals surface area (Å²) in [7, 11) is 0. The minimum Gasteiger partial charge on any atom is -0.477 e. The fourth-order valence-electron chi connectivity index (χ4n) is 2.27. The Morgan fingerprint density at radius 1 is 1.11 bits per heavy atom. The third-order valence-electron chi connectivity index (χ3n) is 3.53. The standard InChI is InChI=1S/C18H13Cl2N3O3S/c19-12-5-4-10(7-13(12)20)15-8-14(16(27-15)17(24)25)23-18(26)22-9-11-3-1-2-6-21-11/h1-8H,9H2,(H,24,25)(H2,22,23,26). The number of nitrogens with zero attached hydrogens (tertiary/aromatic N) is 1. The zero-order chi connectivity index (χ0) is 19.4. The van der Waals surface area contributed by atoms with Gasteiger partial charge in [-0.2, -0.15) is 0 Å². The lowest BCUT2D eigenvalue weighted by Gasteiger charge is -2.06. The number of aromatic carboxylic acids is 1. The highest BCUT2D eigenvalue weighted by Crippen LogP contribution is 2.37. The molecule has 0 saturated carbocycles. The summed E-state index contributed by atoms with van der Waals surface area (Å²) in [4.78, 5) is 28.4. The van der Waals surface area contributed by atoms with Gasteiger partial charge in [-0.25, -0.2) is 9.59 Å². The number of benzene rings is 1. The maximum absolute atomic E-state index is 12.1. The monoisotopic (exact) mass is 421 g/mol. The molecule has 0 atom stereocenters. The van der Waals surface area contributed by atoms with Gasteiger partial charge >= 0.3 is 12.0 Å². The van der Waals surface area contributed by atoms with Gasteiger partial charge in [-0.3, -0.25) is 4.98 Å². The molecule has 3 aromatic rings. The number of hydrogen-bond donors (Lipinski definition) is 3. The fraction of sp³-hybridized carbons (Fsp3) is 0.0556. The highest BCUT2D eigenvalue weighted by atomic mass is 35.5. The van der Waals surface area contributed by atoms with Gasteiger partial charge in [-0.05, 0) is 35.9 Å². The van der Waals surface area contributed by atoms with Gasteiger partial charge in [0, 0.05) is 11.1 Å². The van der Waals surface area contributed by atoms with Crippen molar-refractivity contribution in [1.82, 2.24) is 10.3 Å². The maximum Gasteiger partial charge on any atom is 0.348 e. The number of carboxylic acids is 1. The van der Waals surface area contributed by atoms with E-state index in [9.17, 15) is 14.7 Å². The average molecular weight is 422 g/mol. The number of aromatic nitrogens is 1. The van der Waals surface area contributed by atoms with E-state index >= 15 is 0 Å². The van der Waals surface area contributed by atoms with Gasteiger partial charge in [-0.15, -0.1) is 11.3 Å². The van der Waals surface area contributed by atoms with Gasteiger partial charge in [0.25, 0.3) is 0 Å². The Labute approximate surface area is 168 Å². The Hall–Kier alpha value is -2.61. The van der Waals surface area contributed by atoms with Crippen LogP contribution >= 0.6 is 34.5 Å². The second kappa shape index (κ2) is 8.39. The molecule has 0 bridgehead atoms. The lowest BCUT2D eigenvalue weighted by atomic mass is 10.2. The Kier molecular flexibility index (Phi) is 5.95. The van der Waals surface area contributed by atoms with E-state index in [2.05, 4.69) is 15.6 Å². The minimum absolute atomic E-state index is 0.0176. The lowest BCUT2D eigenvalue weighted by molar-refractivity contribution is 0.0703. The van der Waals surface area contributed by atoms with E-state index in [0.29, 0.717) is 26.2 Å². The van der Waals surface area contributed by atoms with Gasteiger partial charge in [0.1, 0.15) is 4.88 Å². The molecule has 9 heteroatoms. The van der Waals surface area contributed by atoms with Crippen LogP contribution in [0.15, 0.2) is 48.7 Å². The van der Waals surface area contributed by atoms with E-state index in [1.165, 1.54) is 0 Å². The van der Waals surface area contributed by atoms with Crippen LogP contribution < -0.4 is 10.6 Å². The smallest absolute Gasteiger partial charge is 0.348 e. The van der Waals surface area contributed by atoms with E-state index in [1.54, 1.807) is 42.6 Å². The van der Waals surface area contributed by atoms with Crippen molar-refractivity contribution >= 4 is 52.2 Å². The molecule has 2 heterocycles. The van der Waals surface area contributed by atoms with Gasteiger partial charge in [0.15, 0.2) is 0 Å². The molecule has 2 amide bonds. The second-order valence-electron chi connectivity index (χ2n) is 5.42. The van der Waals surface area contributed by atoms with Gasteiger partial charge in [-0.1, -0.05) is 35.3 Å². The van der Waals surface area contributed by atoms with E-state index < -0.39 is 12.0 Å². The van der Waals surface area contributed by atoms with Crippen molar-refractivity contribution in [2.75, 3.05) is 5.32 Å². The highest BCUT2D eigenvalue weighted by Gasteiger charge is 2.18. The molecule has 3 rings (SSSR count). The van der Waals surface area contributed by atoms with Gasteiger partial charge in [0.2, 0.25) is 0 Å². The van der Waals surface area contributed by atoms with Crippen molar-refractivity contribution in [2.45, 2.75) is 6.54 Å². The van der Waals surface area contributed by atoms with Crippen LogP contribution in [-0.4, -0.2) is 22.1 Å². The second-order valence-corrected chi connectivity index (χ2v) is 7.28. The maximum atomic E-state index is 12.1. The Morgan fingerprint density at radius 3 is 2.59 bits per heavy atom. The quantitative estimate of drug-likeness (QED) is 0.531. The van der Waals surface area contributed by atoms with Crippen LogP contribution in [0.3, 0.4) is 0 Å². The van der Waals surface area contributed by atoms with E-state index in [4.69, 9.17) is 23.2 Å². The molecule has 0 aliphatic carbocycles. The molecule has 0 spiro atoms. The molecule has 138 valence electrons. The van der Waals surface area contributed by atoms with Crippen LogP contribution in [0.1, 0.15) is 15.4 Å². The zero-order valence-electron chi connectivity index (χ0n) is 13.7. The predicted molar refractivity (Wildman–Crippen MR) is 107 cm³/mol. The summed E-state index contributed by atoms with van der Waals surface area (Å²) in [6.07, 6.45) is 1.62. The number of urea groups is 1. The first-order valence-electron chi connectivity index (χ1n) is 7.71. The van der Waals surface area contributed by atoms with Gasteiger partial charge in [0.05, 0.1) is 28.0 Å². The molecule has 0 fully saturated rings. The molecular weight excluding hydrogens is 409 g/mol. The number of thiophene rings is 1. The SMILES string of the molecule is O=C(NCc1ccccn1)Nc1cc(-c2ccc(Cl)c(Cl)c2)sc1C(=O)O. The van der Waals surface area contributed by atoms with Crippen LogP contribution in [0.25, 0.3) is 10.4 Å². The average Bonchev–Trinajstić information content (AvgIpc) is 3.07. The number of carbonyl (C=O) groups excluding carboxylic acids is 1. The number of pyridine rings is 1. The van der Waals surface area contributed by atoms with Crippen LogP contribution in [0.4, 0.5) is 10.5 Å². The van der Waals surface area contributed by atoms with Crippen LogP contribution in [0, 0.1) is 0 Å². The first-order valence-corrected chi connectivity index (χ1v) is 9.28. The minimum atomic E-state index is -1.13. The predicted octanol–water partition coefficient (Wildman–Crippen LogP) is 5.14. The molecule has 27 heavy (non-hydrogen) atoms. The number of carbonyl (C=O) groups is 2. The Morgan fingerprint density at radius 2 is 1.93 bits per heavy atom. The third-order valence-corrected chi connectivity index (χ3v) is 5.45. The molecule has 3 N–H and O–H groups in total. The molecule has 2 aromatic heterocycles. The van der Waals surface area contributed by atoms with E-state index in [0.717, 1.165) is 11.3 Å². The van der Waals surface area contributed by atoms with Crippen molar-refractivity contribution in [2.24, 2.45) is 0 Å². The number of rotatable bonds is 5. The zero-order valence-corrected chi connectivity index (χ0v) is 16.0. The number of carboxylic acid groups (broad SMARTS) is 1. The summed E-state index contributed by atoms with van der Waals surface area (Å²) in [6, 6.07) is 11.4. The number of hydrogen-bond acceptors (Lipinski definition) is 4. The number of anilines is 1. The number of amides is 2. The number of halogens is 2. The normalized spacial score (nSPS) is 10.4. The first-order chi connectivity index (χ1) is 12.9. The van der Waals surface area contributed by atoms with E-state index in [1.807, 2.05) is 6.07 Å². The highest BCUT2D eigenvalue weighted by molar-refractivity contribution is 7.18. The van der Waals surface area contributed by atoms with Crippen molar-refractivity contribution in [3.05, 3.63) is 69.3 Å². The summed E-state index contributed by atoms with van der Waals surface area (Å²) in [6.45, 7) is 0.221. The Balaban J connectivity index is 1.78. The van der Waals surface area contributed by atoms with Crippen molar-refractivity contribution < 1.29 is 14.7 Å². The third kappa shape index (κ3) is 4.77. The van der Waals surface area contributed by atoms with Crippen molar-refractivity contribution in [3.8, 4) is 10.4 Å². The van der Waals surface area contributed by atoms with Crippen LogP contribution in [0.5, 0.6) is 0 Å². The summed E-state index contributed by atoms with van der Waals surface area (Å²) in [5, 5.41) is 15.4. The largest absolute Gasteiger partial charge is 0.477 e. The molecule has 0 unspecified atom stereocenters. The molecule has 6 nitrogen and oxygen atoms in total. The van der Waals surface area contributed by atoms with Crippen molar-refractivity contribution in [1.29, 1.82) is 0 Å². The summed E-state index contributed by atoms with van der Waals surface area (Å²) < 4.78 is 0. The van der Waals surface area contributed by atoms with Crippen LogP contribution in [-0.2, 0) is 6.54 Å². The molecule has 0 aliphatic heterocycles. The van der Waals surface area contributed by atoms with Crippen molar-refractivity contribution in [3.63, 3.8) is 0 Å². The topological polar surface area (TPSA) is 91.3 Å². The fourth-order valence-corrected chi connectivity index (χ4v) is 3.52.